The normalized spacial score (nSPS) is 12.2. The molecule has 0 fully saturated rings. The van der Waals surface area contributed by atoms with Crippen LogP contribution in [-0.2, 0) is 6.54 Å². The smallest absolute Gasteiger partial charge is 0.0807 e. The van der Waals surface area contributed by atoms with Crippen molar-refractivity contribution in [2.75, 3.05) is 11.4 Å². The van der Waals surface area contributed by atoms with Gasteiger partial charge in [0.15, 0.2) is 0 Å². The van der Waals surface area contributed by atoms with E-state index < -0.39 is 6.10 Å². The summed E-state index contributed by atoms with van der Waals surface area (Å²) in [6.45, 7) is 5.94. The highest BCUT2D eigenvalue weighted by atomic mass is 16.3. The summed E-state index contributed by atoms with van der Waals surface area (Å²) < 4.78 is 0. The van der Waals surface area contributed by atoms with Crippen LogP contribution >= 0.6 is 0 Å². The number of rotatable bonds is 6. The number of hydrogen-bond acceptors (Lipinski definition) is 2. The van der Waals surface area contributed by atoms with Gasteiger partial charge in [0.25, 0.3) is 0 Å². The number of aliphatic hydroxyl groups excluding tert-OH is 1. The largest absolute Gasteiger partial charge is 0.388 e. The predicted octanol–water partition coefficient (Wildman–Crippen LogP) is 4.16. The number of hydrogen-bond donors (Lipinski definition) is 1. The fourth-order valence-electron chi connectivity index (χ4n) is 2.45. The highest BCUT2D eigenvalue weighted by molar-refractivity contribution is 5.55. The third-order valence-electron chi connectivity index (χ3n) is 3.62. The van der Waals surface area contributed by atoms with E-state index in [1.165, 1.54) is 5.56 Å². The van der Waals surface area contributed by atoms with Gasteiger partial charge >= 0.3 is 0 Å². The molecule has 106 valence electrons. The molecule has 0 bridgehead atoms. The molecule has 2 rings (SSSR count). The van der Waals surface area contributed by atoms with E-state index in [0.717, 1.165) is 30.8 Å². The van der Waals surface area contributed by atoms with E-state index in [-0.39, 0.29) is 0 Å². The lowest BCUT2D eigenvalue weighted by molar-refractivity contribution is 0.174. The maximum Gasteiger partial charge on any atom is 0.0807 e. The first-order chi connectivity index (χ1) is 9.76. The Balaban J connectivity index is 2.28. The molecule has 1 atom stereocenters. The van der Waals surface area contributed by atoms with Crippen LogP contribution in [0.4, 0.5) is 5.69 Å². The maximum atomic E-state index is 10.2. The number of benzene rings is 2. The molecule has 0 amide bonds. The molecule has 1 N–H and O–H groups in total. The molecular formula is C18H23NO. The van der Waals surface area contributed by atoms with Gasteiger partial charge in [0.2, 0.25) is 0 Å². The van der Waals surface area contributed by atoms with Crippen molar-refractivity contribution >= 4 is 5.69 Å². The number of anilines is 1. The molecule has 2 aromatic carbocycles. The summed E-state index contributed by atoms with van der Waals surface area (Å²) in [7, 11) is 0. The van der Waals surface area contributed by atoms with Gasteiger partial charge in [-0.2, -0.15) is 0 Å². The molecule has 0 saturated heterocycles. The van der Waals surface area contributed by atoms with Crippen LogP contribution in [0, 0.1) is 0 Å². The molecule has 0 aliphatic rings. The van der Waals surface area contributed by atoms with Crippen LogP contribution in [-0.4, -0.2) is 11.7 Å². The summed E-state index contributed by atoms with van der Waals surface area (Å²) >= 11 is 0. The SMILES string of the molecule is CCC(O)c1ccccc1N(CC)Cc1ccccc1. The van der Waals surface area contributed by atoms with Crippen LogP contribution in [0.25, 0.3) is 0 Å². The first kappa shape index (κ1) is 14.6. The molecule has 2 heteroatoms. The standard InChI is InChI=1S/C18H23NO/c1-3-18(20)16-12-8-9-13-17(16)19(4-2)14-15-10-6-5-7-11-15/h5-13,18,20H,3-4,14H2,1-2H3. The van der Waals surface area contributed by atoms with Crippen molar-refractivity contribution in [3.8, 4) is 0 Å². The molecule has 2 nitrogen and oxygen atoms in total. The van der Waals surface area contributed by atoms with Gasteiger partial charge in [0.05, 0.1) is 6.10 Å². The van der Waals surface area contributed by atoms with Crippen LogP contribution in [0.3, 0.4) is 0 Å². The predicted molar refractivity (Wildman–Crippen MR) is 84.9 cm³/mol. The molecule has 2 aromatic rings. The summed E-state index contributed by atoms with van der Waals surface area (Å²) in [6.07, 6.45) is 0.343. The molecule has 0 aliphatic carbocycles. The van der Waals surface area contributed by atoms with Crippen molar-refractivity contribution in [2.45, 2.75) is 32.9 Å². The summed E-state index contributed by atoms with van der Waals surface area (Å²) in [6, 6.07) is 18.6. The van der Waals surface area contributed by atoms with E-state index in [2.05, 4.69) is 42.2 Å². The minimum atomic E-state index is -0.393. The van der Waals surface area contributed by atoms with Crippen molar-refractivity contribution in [1.82, 2.24) is 0 Å². The minimum Gasteiger partial charge on any atom is -0.388 e. The Kier molecular flexibility index (Phi) is 5.19. The average molecular weight is 269 g/mol. The van der Waals surface area contributed by atoms with Crippen molar-refractivity contribution in [1.29, 1.82) is 0 Å². The third-order valence-corrected chi connectivity index (χ3v) is 3.62. The van der Waals surface area contributed by atoms with Gasteiger partial charge in [-0.1, -0.05) is 55.5 Å². The van der Waals surface area contributed by atoms with Gasteiger partial charge in [0.1, 0.15) is 0 Å². The highest BCUT2D eigenvalue weighted by Gasteiger charge is 2.14. The lowest BCUT2D eigenvalue weighted by Crippen LogP contribution is -2.23. The van der Waals surface area contributed by atoms with Crippen molar-refractivity contribution in [3.05, 3.63) is 65.7 Å². The minimum absolute atomic E-state index is 0.393. The van der Waals surface area contributed by atoms with E-state index in [9.17, 15) is 5.11 Å². The van der Waals surface area contributed by atoms with Crippen molar-refractivity contribution in [3.63, 3.8) is 0 Å². The highest BCUT2D eigenvalue weighted by Crippen LogP contribution is 2.29. The van der Waals surface area contributed by atoms with Gasteiger partial charge in [-0.25, -0.2) is 0 Å². The van der Waals surface area contributed by atoms with Gasteiger partial charge in [-0.3, -0.25) is 0 Å². The molecule has 0 heterocycles. The number of aliphatic hydroxyl groups is 1. The maximum absolute atomic E-state index is 10.2. The zero-order chi connectivity index (χ0) is 14.4. The summed E-state index contributed by atoms with van der Waals surface area (Å²) in [5.74, 6) is 0. The summed E-state index contributed by atoms with van der Waals surface area (Å²) in [5.41, 5.74) is 3.44. The number of para-hydroxylation sites is 1. The van der Waals surface area contributed by atoms with Crippen LogP contribution in [0.15, 0.2) is 54.6 Å². The second kappa shape index (κ2) is 7.11. The van der Waals surface area contributed by atoms with Crippen molar-refractivity contribution < 1.29 is 5.11 Å². The van der Waals surface area contributed by atoms with E-state index in [0.29, 0.717) is 0 Å². The molecule has 0 aliphatic heterocycles. The zero-order valence-electron chi connectivity index (χ0n) is 12.3. The topological polar surface area (TPSA) is 23.5 Å². The third kappa shape index (κ3) is 3.40. The van der Waals surface area contributed by atoms with Gasteiger partial charge < -0.3 is 10.0 Å². The lowest BCUT2D eigenvalue weighted by atomic mass is 10.0. The van der Waals surface area contributed by atoms with E-state index in [1.807, 2.05) is 31.2 Å². The Morgan fingerprint density at radius 3 is 2.25 bits per heavy atom. The monoisotopic (exact) mass is 269 g/mol. The Bertz CT molecular complexity index is 524. The molecular weight excluding hydrogens is 246 g/mol. The number of nitrogens with zero attached hydrogens (tertiary/aromatic N) is 1. The Morgan fingerprint density at radius 2 is 1.60 bits per heavy atom. The van der Waals surface area contributed by atoms with E-state index >= 15 is 0 Å². The lowest BCUT2D eigenvalue weighted by Gasteiger charge is -2.27. The second-order valence-electron chi connectivity index (χ2n) is 4.98. The van der Waals surface area contributed by atoms with Crippen LogP contribution in [0.1, 0.15) is 37.5 Å². The zero-order valence-corrected chi connectivity index (χ0v) is 12.3. The van der Waals surface area contributed by atoms with Crippen LogP contribution in [0.2, 0.25) is 0 Å². The molecule has 20 heavy (non-hydrogen) atoms. The van der Waals surface area contributed by atoms with E-state index in [4.69, 9.17) is 0 Å². The Morgan fingerprint density at radius 1 is 0.950 bits per heavy atom. The van der Waals surface area contributed by atoms with Gasteiger partial charge in [0, 0.05) is 24.3 Å². The fourth-order valence-corrected chi connectivity index (χ4v) is 2.45. The Hall–Kier alpha value is -1.80. The van der Waals surface area contributed by atoms with E-state index in [1.54, 1.807) is 0 Å². The first-order valence-corrected chi connectivity index (χ1v) is 7.32. The van der Waals surface area contributed by atoms with Gasteiger partial charge in [-0.05, 0) is 25.0 Å². The molecule has 0 spiro atoms. The summed E-state index contributed by atoms with van der Waals surface area (Å²) in [4.78, 5) is 2.31. The van der Waals surface area contributed by atoms with Gasteiger partial charge in [-0.15, -0.1) is 0 Å². The average Bonchev–Trinajstić information content (AvgIpc) is 2.53. The Labute approximate surface area is 121 Å². The quantitative estimate of drug-likeness (QED) is 0.851. The fraction of sp³-hybridized carbons (Fsp3) is 0.333. The summed E-state index contributed by atoms with van der Waals surface area (Å²) in [5, 5.41) is 10.2. The molecule has 1 unspecified atom stereocenters. The second-order valence-corrected chi connectivity index (χ2v) is 4.98. The molecule has 0 saturated carbocycles. The van der Waals surface area contributed by atoms with Crippen LogP contribution < -0.4 is 4.90 Å². The first-order valence-electron chi connectivity index (χ1n) is 7.32. The molecule has 0 aromatic heterocycles. The molecule has 0 radical (unpaired) electrons. The van der Waals surface area contributed by atoms with Crippen LogP contribution in [0.5, 0.6) is 0 Å². The van der Waals surface area contributed by atoms with Crippen molar-refractivity contribution in [2.24, 2.45) is 0 Å².